The fourth-order valence-corrected chi connectivity index (χ4v) is 2.60. The first-order chi connectivity index (χ1) is 10.1. The van der Waals surface area contributed by atoms with Crippen LogP contribution in [-0.2, 0) is 11.3 Å². The fraction of sp³-hybridized carbons (Fsp3) is 0.235. The summed E-state index contributed by atoms with van der Waals surface area (Å²) < 4.78 is 15.9. The Morgan fingerprint density at radius 1 is 1.00 bits per heavy atom. The molecule has 0 aliphatic carbocycles. The molecule has 0 bridgehead atoms. The van der Waals surface area contributed by atoms with Crippen molar-refractivity contribution in [2.45, 2.75) is 13.5 Å². The molecule has 2 aromatic carbocycles. The van der Waals surface area contributed by atoms with Crippen molar-refractivity contribution < 1.29 is 19.0 Å². The number of cyclic esters (lactones) is 1. The molecule has 0 unspecified atom stereocenters. The molecule has 2 aromatic rings. The lowest BCUT2D eigenvalue weighted by molar-refractivity contribution is 0.0478. The van der Waals surface area contributed by atoms with Gasteiger partial charge >= 0.3 is 5.97 Å². The minimum atomic E-state index is -0.336. The highest BCUT2D eigenvalue weighted by Gasteiger charge is 2.23. The first-order valence-electron chi connectivity index (χ1n) is 6.67. The molecule has 0 radical (unpaired) electrons. The monoisotopic (exact) mass is 284 g/mol. The van der Waals surface area contributed by atoms with Gasteiger partial charge in [-0.3, -0.25) is 0 Å². The Balaban J connectivity index is 2.25. The van der Waals surface area contributed by atoms with Crippen LogP contribution in [0.4, 0.5) is 0 Å². The minimum absolute atomic E-state index is 0.238. The molecule has 4 heteroatoms. The molecule has 1 aliphatic heterocycles. The molecule has 3 rings (SSSR count). The molecule has 1 aliphatic rings. The molecule has 0 spiro atoms. The second-order valence-electron chi connectivity index (χ2n) is 4.97. The number of benzene rings is 2. The molecule has 0 saturated heterocycles. The number of esters is 1. The van der Waals surface area contributed by atoms with Crippen molar-refractivity contribution in [1.29, 1.82) is 0 Å². The van der Waals surface area contributed by atoms with Gasteiger partial charge in [-0.05, 0) is 53.9 Å². The van der Waals surface area contributed by atoms with Gasteiger partial charge in [-0.1, -0.05) is 0 Å². The third kappa shape index (κ3) is 2.23. The molecule has 4 nitrogen and oxygen atoms in total. The van der Waals surface area contributed by atoms with Gasteiger partial charge in [0.1, 0.15) is 18.1 Å². The van der Waals surface area contributed by atoms with Gasteiger partial charge in [0.25, 0.3) is 0 Å². The summed E-state index contributed by atoms with van der Waals surface area (Å²) in [6, 6.07) is 9.41. The molecule has 0 N–H and O–H groups in total. The van der Waals surface area contributed by atoms with E-state index in [-0.39, 0.29) is 12.6 Å². The Hall–Kier alpha value is -2.49. The topological polar surface area (TPSA) is 44.8 Å². The SMILES string of the molecule is COc1ccc2c(c1)C(=O)OCc1cc(OC)c(C)cc1-2. The lowest BCUT2D eigenvalue weighted by Gasteiger charge is -2.12. The van der Waals surface area contributed by atoms with Crippen LogP contribution in [0.25, 0.3) is 11.1 Å². The summed E-state index contributed by atoms with van der Waals surface area (Å²) in [4.78, 5) is 12.2. The Morgan fingerprint density at radius 2 is 1.81 bits per heavy atom. The standard InChI is InChI=1S/C17H16O4/c1-10-6-14-11(7-16(10)20-3)9-21-17(18)15-8-12(19-2)4-5-13(14)15/h4-8H,9H2,1-3H3. The summed E-state index contributed by atoms with van der Waals surface area (Å²) in [7, 11) is 3.21. The Kier molecular flexibility index (Phi) is 3.29. The predicted octanol–water partition coefficient (Wildman–Crippen LogP) is 3.35. The third-order valence-electron chi connectivity index (χ3n) is 3.72. The van der Waals surface area contributed by atoms with E-state index in [1.54, 1.807) is 20.3 Å². The van der Waals surface area contributed by atoms with E-state index < -0.39 is 0 Å². The molecule has 21 heavy (non-hydrogen) atoms. The van der Waals surface area contributed by atoms with E-state index >= 15 is 0 Å². The number of carbonyl (C=O) groups excluding carboxylic acids is 1. The zero-order valence-electron chi connectivity index (χ0n) is 12.2. The van der Waals surface area contributed by atoms with Crippen molar-refractivity contribution in [3.63, 3.8) is 0 Å². The van der Waals surface area contributed by atoms with E-state index in [0.29, 0.717) is 11.3 Å². The van der Waals surface area contributed by atoms with E-state index in [1.165, 1.54) is 0 Å². The fourth-order valence-electron chi connectivity index (χ4n) is 2.60. The maximum absolute atomic E-state index is 12.2. The summed E-state index contributed by atoms with van der Waals surface area (Å²) in [5.74, 6) is 1.10. The van der Waals surface area contributed by atoms with Crippen LogP contribution in [0.5, 0.6) is 11.5 Å². The molecular weight excluding hydrogens is 268 g/mol. The van der Waals surface area contributed by atoms with Crippen molar-refractivity contribution >= 4 is 5.97 Å². The highest BCUT2D eigenvalue weighted by atomic mass is 16.5. The van der Waals surface area contributed by atoms with E-state index in [1.807, 2.05) is 31.2 Å². The highest BCUT2D eigenvalue weighted by molar-refractivity contribution is 5.99. The van der Waals surface area contributed by atoms with Crippen LogP contribution in [-0.4, -0.2) is 20.2 Å². The van der Waals surface area contributed by atoms with Gasteiger partial charge < -0.3 is 14.2 Å². The highest BCUT2D eigenvalue weighted by Crippen LogP contribution is 2.36. The molecule has 0 saturated carbocycles. The second kappa shape index (κ2) is 5.13. The minimum Gasteiger partial charge on any atom is -0.497 e. The zero-order chi connectivity index (χ0) is 15.0. The number of aryl methyl sites for hydroxylation is 1. The molecule has 1 heterocycles. The lowest BCUT2D eigenvalue weighted by Crippen LogP contribution is -2.03. The van der Waals surface area contributed by atoms with Gasteiger partial charge in [0.15, 0.2) is 0 Å². The number of fused-ring (bicyclic) bond motifs is 3. The van der Waals surface area contributed by atoms with Crippen molar-refractivity contribution in [1.82, 2.24) is 0 Å². The van der Waals surface area contributed by atoms with Crippen LogP contribution >= 0.6 is 0 Å². The van der Waals surface area contributed by atoms with Gasteiger partial charge in [-0.2, -0.15) is 0 Å². The van der Waals surface area contributed by atoms with E-state index in [2.05, 4.69) is 0 Å². The normalized spacial score (nSPS) is 12.8. The number of methoxy groups -OCH3 is 2. The van der Waals surface area contributed by atoms with Crippen molar-refractivity contribution in [3.05, 3.63) is 47.0 Å². The zero-order valence-corrected chi connectivity index (χ0v) is 12.2. The first kappa shape index (κ1) is 13.5. The smallest absolute Gasteiger partial charge is 0.339 e. The number of rotatable bonds is 2. The van der Waals surface area contributed by atoms with Gasteiger partial charge in [0.05, 0.1) is 19.8 Å². The summed E-state index contributed by atoms with van der Waals surface area (Å²) in [6.45, 7) is 2.22. The van der Waals surface area contributed by atoms with E-state index in [4.69, 9.17) is 14.2 Å². The number of carbonyl (C=O) groups is 1. The maximum Gasteiger partial charge on any atom is 0.339 e. The summed E-state index contributed by atoms with van der Waals surface area (Å²) in [5, 5.41) is 0. The molecule has 0 atom stereocenters. The Labute approximate surface area is 123 Å². The summed E-state index contributed by atoms with van der Waals surface area (Å²) in [6.07, 6.45) is 0. The second-order valence-corrected chi connectivity index (χ2v) is 4.97. The first-order valence-corrected chi connectivity index (χ1v) is 6.67. The van der Waals surface area contributed by atoms with Gasteiger partial charge in [0, 0.05) is 5.56 Å². The van der Waals surface area contributed by atoms with Crippen molar-refractivity contribution in [2.24, 2.45) is 0 Å². The average Bonchev–Trinajstić information content (AvgIpc) is 2.64. The summed E-state index contributed by atoms with van der Waals surface area (Å²) in [5.41, 5.74) is 4.34. The van der Waals surface area contributed by atoms with Crippen LogP contribution in [0.2, 0.25) is 0 Å². The van der Waals surface area contributed by atoms with Crippen LogP contribution in [0, 0.1) is 6.92 Å². The van der Waals surface area contributed by atoms with Crippen LogP contribution in [0.1, 0.15) is 21.5 Å². The largest absolute Gasteiger partial charge is 0.497 e. The Bertz CT molecular complexity index is 719. The van der Waals surface area contributed by atoms with Crippen molar-refractivity contribution in [3.8, 4) is 22.6 Å². The average molecular weight is 284 g/mol. The molecule has 0 aromatic heterocycles. The molecule has 0 amide bonds. The summed E-state index contributed by atoms with van der Waals surface area (Å²) >= 11 is 0. The number of hydrogen-bond donors (Lipinski definition) is 0. The third-order valence-corrected chi connectivity index (χ3v) is 3.72. The molecular formula is C17H16O4. The number of hydrogen-bond acceptors (Lipinski definition) is 4. The van der Waals surface area contributed by atoms with Crippen LogP contribution in [0.15, 0.2) is 30.3 Å². The molecule has 0 fully saturated rings. The Morgan fingerprint density at radius 3 is 2.52 bits per heavy atom. The molecule has 108 valence electrons. The van der Waals surface area contributed by atoms with Gasteiger partial charge in [-0.25, -0.2) is 4.79 Å². The maximum atomic E-state index is 12.2. The number of ether oxygens (including phenoxy) is 3. The predicted molar refractivity (Wildman–Crippen MR) is 78.8 cm³/mol. The van der Waals surface area contributed by atoms with Crippen LogP contribution < -0.4 is 9.47 Å². The van der Waals surface area contributed by atoms with Gasteiger partial charge in [0.2, 0.25) is 0 Å². The quantitative estimate of drug-likeness (QED) is 0.793. The van der Waals surface area contributed by atoms with Gasteiger partial charge in [-0.15, -0.1) is 0 Å². The van der Waals surface area contributed by atoms with Crippen molar-refractivity contribution in [2.75, 3.05) is 14.2 Å². The lowest BCUT2D eigenvalue weighted by atomic mass is 9.94. The van der Waals surface area contributed by atoms with E-state index in [9.17, 15) is 4.79 Å². The van der Waals surface area contributed by atoms with E-state index in [0.717, 1.165) is 28.0 Å². The van der Waals surface area contributed by atoms with Crippen LogP contribution in [0.3, 0.4) is 0 Å².